The molecule has 1 N–H and O–H groups in total. The fourth-order valence-electron chi connectivity index (χ4n) is 1.77. The molecule has 0 aliphatic carbocycles. The zero-order valence-corrected chi connectivity index (χ0v) is 12.7. The van der Waals surface area contributed by atoms with E-state index >= 15 is 0 Å². The molecule has 0 aromatic heterocycles. The van der Waals surface area contributed by atoms with Gasteiger partial charge in [-0.3, -0.25) is 10.2 Å². The van der Waals surface area contributed by atoms with Crippen molar-refractivity contribution in [2.75, 3.05) is 32.2 Å². The average molecular weight is 298 g/mol. The minimum Gasteiger partial charge on any atom is -0.483 e. The second kappa shape index (κ2) is 7.07. The average Bonchev–Trinajstić information content (AvgIpc) is 2.89. The highest BCUT2D eigenvalue weighted by Crippen LogP contribution is 2.48. The number of carbonyl (C=O) groups is 1. The van der Waals surface area contributed by atoms with Crippen LogP contribution in [0.1, 0.15) is 10.1 Å². The summed E-state index contributed by atoms with van der Waals surface area (Å²) in [5.74, 6) is 3.00. The van der Waals surface area contributed by atoms with E-state index in [1.807, 2.05) is 41.7 Å². The van der Waals surface area contributed by atoms with Gasteiger partial charge in [0.25, 0.3) is 5.91 Å². The zero-order chi connectivity index (χ0) is 13.7. The minimum atomic E-state index is -0.147. The molecule has 0 saturated carbocycles. The first-order valence-electron chi connectivity index (χ1n) is 6.08. The number of hydrogen-bond donors (Lipinski definition) is 1. The third-order valence-electron chi connectivity index (χ3n) is 2.50. The Kier molecular flexibility index (Phi) is 5.42. The van der Waals surface area contributed by atoms with Crippen LogP contribution in [0, 0.1) is 0 Å². The van der Waals surface area contributed by atoms with Gasteiger partial charge < -0.3 is 4.74 Å². The molecule has 4 nitrogen and oxygen atoms in total. The minimum absolute atomic E-state index is 0.0389. The summed E-state index contributed by atoms with van der Waals surface area (Å²) in [6.45, 7) is 0.0389. The van der Waals surface area contributed by atoms with E-state index in [0.717, 1.165) is 5.75 Å². The van der Waals surface area contributed by atoms with Gasteiger partial charge in [-0.2, -0.15) is 0 Å². The summed E-state index contributed by atoms with van der Waals surface area (Å²) in [5.41, 5.74) is 3.83. The second-order valence-corrected chi connectivity index (χ2v) is 7.05. The number of nitrogens with zero attached hydrogens (tertiary/aromatic N) is 1. The summed E-state index contributed by atoms with van der Waals surface area (Å²) in [6.07, 6.45) is 0. The summed E-state index contributed by atoms with van der Waals surface area (Å²) < 4.78 is 6.07. The van der Waals surface area contributed by atoms with E-state index in [-0.39, 0.29) is 12.5 Å². The molecule has 1 heterocycles. The van der Waals surface area contributed by atoms with Crippen LogP contribution in [0.2, 0.25) is 0 Å². The van der Waals surface area contributed by atoms with E-state index < -0.39 is 0 Å². The number of ether oxygens (including phenoxy) is 1. The van der Waals surface area contributed by atoms with Gasteiger partial charge >= 0.3 is 0 Å². The van der Waals surface area contributed by atoms with Crippen LogP contribution in [0.25, 0.3) is 0 Å². The number of hydrazine groups is 1. The fraction of sp³-hybridized carbons (Fsp3) is 0.462. The largest absolute Gasteiger partial charge is 0.483 e. The van der Waals surface area contributed by atoms with Gasteiger partial charge in [-0.05, 0) is 6.07 Å². The zero-order valence-electron chi connectivity index (χ0n) is 11.1. The Labute approximate surface area is 122 Å². The number of thioether (sulfide) groups is 2. The first-order chi connectivity index (χ1) is 9.16. The summed E-state index contributed by atoms with van der Waals surface area (Å²) in [5, 5.41) is 1.61. The van der Waals surface area contributed by atoms with Crippen LogP contribution in [-0.2, 0) is 4.79 Å². The molecule has 0 unspecified atom stereocenters. The Balaban J connectivity index is 1.97. The molecule has 104 valence electrons. The summed E-state index contributed by atoms with van der Waals surface area (Å²) in [6, 6.07) is 7.96. The molecule has 19 heavy (non-hydrogen) atoms. The number of para-hydroxylation sites is 1. The molecule has 1 aromatic rings. The molecule has 0 radical (unpaired) electrons. The van der Waals surface area contributed by atoms with Crippen molar-refractivity contribution in [2.24, 2.45) is 0 Å². The molecule has 2 rings (SSSR count). The maximum atomic E-state index is 11.6. The van der Waals surface area contributed by atoms with Crippen molar-refractivity contribution < 1.29 is 9.53 Å². The van der Waals surface area contributed by atoms with E-state index in [1.54, 1.807) is 19.1 Å². The molecule has 0 spiro atoms. The Morgan fingerprint density at radius 2 is 2.05 bits per heavy atom. The van der Waals surface area contributed by atoms with Gasteiger partial charge in [0.2, 0.25) is 0 Å². The Morgan fingerprint density at radius 1 is 1.37 bits per heavy atom. The topological polar surface area (TPSA) is 41.6 Å². The van der Waals surface area contributed by atoms with Crippen molar-refractivity contribution >= 4 is 29.4 Å². The quantitative estimate of drug-likeness (QED) is 0.844. The molecule has 1 aliphatic heterocycles. The number of hydrogen-bond acceptors (Lipinski definition) is 5. The van der Waals surface area contributed by atoms with Crippen LogP contribution < -0.4 is 10.2 Å². The summed E-state index contributed by atoms with van der Waals surface area (Å²) in [7, 11) is 3.55. The van der Waals surface area contributed by atoms with Crippen LogP contribution in [0.4, 0.5) is 0 Å². The lowest BCUT2D eigenvalue weighted by atomic mass is 10.2. The number of amides is 1. The van der Waals surface area contributed by atoms with Crippen molar-refractivity contribution in [1.82, 2.24) is 10.4 Å². The van der Waals surface area contributed by atoms with Gasteiger partial charge in [0.15, 0.2) is 6.61 Å². The van der Waals surface area contributed by atoms with Gasteiger partial charge in [0.05, 0.1) is 4.58 Å². The molecule has 1 fully saturated rings. The van der Waals surface area contributed by atoms with Gasteiger partial charge in [0, 0.05) is 31.2 Å². The van der Waals surface area contributed by atoms with E-state index in [2.05, 4.69) is 11.5 Å². The predicted octanol–water partition coefficient (Wildman–Crippen LogP) is 2.14. The predicted molar refractivity (Wildman–Crippen MR) is 81.4 cm³/mol. The lowest BCUT2D eigenvalue weighted by Gasteiger charge is -2.16. The summed E-state index contributed by atoms with van der Waals surface area (Å²) in [4.78, 5) is 11.6. The van der Waals surface area contributed by atoms with Crippen LogP contribution >= 0.6 is 23.5 Å². The van der Waals surface area contributed by atoms with Gasteiger partial charge in [0.1, 0.15) is 5.75 Å². The van der Waals surface area contributed by atoms with Crippen molar-refractivity contribution in [1.29, 1.82) is 0 Å². The highest BCUT2D eigenvalue weighted by atomic mass is 32.2. The Hall–Kier alpha value is -0.850. The molecule has 6 heteroatoms. The van der Waals surface area contributed by atoms with E-state index in [1.165, 1.54) is 17.1 Å². The molecule has 1 saturated heterocycles. The van der Waals surface area contributed by atoms with Gasteiger partial charge in [-0.15, -0.1) is 23.5 Å². The normalized spacial score (nSPS) is 15.7. The lowest BCUT2D eigenvalue weighted by Crippen LogP contribution is -2.39. The van der Waals surface area contributed by atoms with Gasteiger partial charge in [-0.1, -0.05) is 18.2 Å². The standard InChI is InChI=1S/C13H18N2O2S2/c1-15(2)14-12(16)9-17-11-6-4-3-5-10(11)13-18-7-8-19-13/h3-6,13H,7-9H2,1-2H3,(H,14,16). The number of carbonyl (C=O) groups excluding carboxylic acids is 1. The number of benzene rings is 1. The Bertz CT molecular complexity index is 434. The fourth-order valence-corrected chi connectivity index (χ4v) is 4.68. The van der Waals surface area contributed by atoms with Crippen molar-refractivity contribution in [3.8, 4) is 5.75 Å². The maximum absolute atomic E-state index is 11.6. The molecule has 1 amide bonds. The molecule has 1 aromatic carbocycles. The molecular weight excluding hydrogens is 280 g/mol. The first kappa shape index (κ1) is 14.6. The second-order valence-electron chi connectivity index (χ2n) is 4.33. The van der Waals surface area contributed by atoms with Crippen molar-refractivity contribution in [2.45, 2.75) is 4.58 Å². The lowest BCUT2D eigenvalue weighted by molar-refractivity contribution is -0.126. The molecule has 1 aliphatic rings. The SMILES string of the molecule is CN(C)NC(=O)COc1ccccc1C1SCCS1. The Morgan fingerprint density at radius 3 is 2.74 bits per heavy atom. The van der Waals surface area contributed by atoms with Crippen LogP contribution in [0.15, 0.2) is 24.3 Å². The third-order valence-corrected chi connectivity index (χ3v) is 5.57. The van der Waals surface area contributed by atoms with Crippen LogP contribution in [-0.4, -0.2) is 43.1 Å². The number of nitrogens with one attached hydrogen (secondary N) is 1. The van der Waals surface area contributed by atoms with Gasteiger partial charge in [-0.25, -0.2) is 5.01 Å². The smallest absolute Gasteiger partial charge is 0.272 e. The van der Waals surface area contributed by atoms with E-state index in [9.17, 15) is 4.79 Å². The van der Waals surface area contributed by atoms with Crippen molar-refractivity contribution in [3.63, 3.8) is 0 Å². The van der Waals surface area contributed by atoms with E-state index in [4.69, 9.17) is 4.74 Å². The summed E-state index contributed by atoms with van der Waals surface area (Å²) >= 11 is 3.86. The van der Waals surface area contributed by atoms with Crippen molar-refractivity contribution in [3.05, 3.63) is 29.8 Å². The first-order valence-corrected chi connectivity index (χ1v) is 8.18. The molecule has 0 bridgehead atoms. The third kappa shape index (κ3) is 4.33. The van der Waals surface area contributed by atoms with Crippen LogP contribution in [0.3, 0.4) is 0 Å². The monoisotopic (exact) mass is 298 g/mol. The van der Waals surface area contributed by atoms with E-state index in [0.29, 0.717) is 4.58 Å². The van der Waals surface area contributed by atoms with Crippen LogP contribution in [0.5, 0.6) is 5.75 Å². The maximum Gasteiger partial charge on any atom is 0.272 e. The highest BCUT2D eigenvalue weighted by Gasteiger charge is 2.21. The molecule has 0 atom stereocenters. The molecular formula is C13H18N2O2S2. The number of rotatable bonds is 5. The highest BCUT2D eigenvalue weighted by molar-refractivity contribution is 8.19.